The van der Waals surface area contributed by atoms with Crippen molar-refractivity contribution in [2.45, 2.75) is 4.90 Å². The van der Waals surface area contributed by atoms with E-state index in [1.54, 1.807) is 36.7 Å². The normalized spacial score (nSPS) is 12.0. The number of hydrogen-bond donors (Lipinski definition) is 1. The molecular weight excluding hydrogens is 360 g/mol. The van der Waals surface area contributed by atoms with E-state index >= 15 is 0 Å². The van der Waals surface area contributed by atoms with Crippen LogP contribution in [-0.4, -0.2) is 30.7 Å². The second-order valence-electron chi connectivity index (χ2n) is 5.96. The molecule has 134 valence electrons. The number of anilines is 1. The zero-order chi connectivity index (χ0) is 18.8. The summed E-state index contributed by atoms with van der Waals surface area (Å²) in [6.45, 7) is 0. The molecule has 4 rings (SSSR count). The molecule has 1 unspecified atom stereocenters. The molecule has 0 bridgehead atoms. The van der Waals surface area contributed by atoms with Crippen molar-refractivity contribution in [3.8, 4) is 11.3 Å². The average molecular weight is 376 g/mol. The number of aromatic nitrogens is 3. The molecule has 2 aromatic heterocycles. The van der Waals surface area contributed by atoms with Gasteiger partial charge in [0.25, 0.3) is 5.91 Å². The number of nitrogens with zero attached hydrogens (tertiary/aromatic N) is 3. The summed E-state index contributed by atoms with van der Waals surface area (Å²) in [4.78, 5) is 21.7. The summed E-state index contributed by atoms with van der Waals surface area (Å²) >= 11 is 0. The summed E-state index contributed by atoms with van der Waals surface area (Å²) in [7, 11) is -1.06. The minimum absolute atomic E-state index is 0.215. The van der Waals surface area contributed by atoms with Crippen LogP contribution in [0.5, 0.6) is 0 Å². The van der Waals surface area contributed by atoms with E-state index in [9.17, 15) is 9.00 Å². The molecule has 0 saturated heterocycles. The monoisotopic (exact) mass is 376 g/mol. The van der Waals surface area contributed by atoms with E-state index in [2.05, 4.69) is 15.3 Å². The van der Waals surface area contributed by atoms with E-state index in [1.165, 1.54) is 0 Å². The molecule has 0 aliphatic rings. The third-order valence-corrected chi connectivity index (χ3v) is 5.06. The van der Waals surface area contributed by atoms with Crippen LogP contribution in [0.25, 0.3) is 17.0 Å². The predicted octanol–water partition coefficient (Wildman–Crippen LogP) is 3.39. The molecule has 1 amide bonds. The SMILES string of the molecule is CS(=O)c1ccc(C(=O)Nc2ccc(-c3cn4cccnc4n3)cc2)cc1. The Morgan fingerprint density at radius 3 is 2.48 bits per heavy atom. The smallest absolute Gasteiger partial charge is 0.255 e. The fourth-order valence-electron chi connectivity index (χ4n) is 2.69. The Bertz CT molecular complexity index is 1100. The maximum absolute atomic E-state index is 12.4. The van der Waals surface area contributed by atoms with E-state index < -0.39 is 10.8 Å². The highest BCUT2D eigenvalue weighted by atomic mass is 32.2. The molecule has 27 heavy (non-hydrogen) atoms. The Kier molecular flexibility index (Phi) is 4.52. The van der Waals surface area contributed by atoms with Crippen LogP contribution in [0.2, 0.25) is 0 Å². The lowest BCUT2D eigenvalue weighted by Crippen LogP contribution is -2.11. The maximum Gasteiger partial charge on any atom is 0.255 e. The summed E-state index contributed by atoms with van der Waals surface area (Å²) in [5.74, 6) is 0.425. The molecule has 7 heteroatoms. The highest BCUT2D eigenvalue weighted by molar-refractivity contribution is 7.84. The number of nitrogens with one attached hydrogen (secondary N) is 1. The van der Waals surface area contributed by atoms with Gasteiger partial charge in [0.05, 0.1) is 5.69 Å². The molecule has 1 N–H and O–H groups in total. The number of benzene rings is 2. The number of imidazole rings is 1. The Morgan fingerprint density at radius 2 is 1.81 bits per heavy atom. The number of fused-ring (bicyclic) bond motifs is 1. The Morgan fingerprint density at radius 1 is 1.07 bits per heavy atom. The van der Waals surface area contributed by atoms with Crippen LogP contribution in [-0.2, 0) is 10.8 Å². The number of carbonyl (C=O) groups is 1. The summed E-state index contributed by atoms with van der Waals surface area (Å²) in [5, 5.41) is 2.86. The van der Waals surface area contributed by atoms with Crippen molar-refractivity contribution in [1.82, 2.24) is 14.4 Å². The first-order valence-electron chi connectivity index (χ1n) is 8.25. The van der Waals surface area contributed by atoms with E-state index in [-0.39, 0.29) is 5.91 Å². The van der Waals surface area contributed by atoms with Gasteiger partial charge < -0.3 is 5.32 Å². The predicted molar refractivity (Wildman–Crippen MR) is 105 cm³/mol. The minimum Gasteiger partial charge on any atom is -0.322 e. The molecular formula is C20H16N4O2S. The van der Waals surface area contributed by atoms with E-state index in [0.717, 1.165) is 11.3 Å². The molecule has 2 heterocycles. The van der Waals surface area contributed by atoms with Crippen LogP contribution >= 0.6 is 0 Å². The molecule has 6 nitrogen and oxygen atoms in total. The molecule has 2 aromatic carbocycles. The third kappa shape index (κ3) is 3.63. The number of rotatable bonds is 4. The second-order valence-corrected chi connectivity index (χ2v) is 7.34. The quantitative estimate of drug-likeness (QED) is 0.592. The van der Waals surface area contributed by atoms with Gasteiger partial charge >= 0.3 is 0 Å². The maximum atomic E-state index is 12.4. The van der Waals surface area contributed by atoms with Crippen molar-refractivity contribution in [2.24, 2.45) is 0 Å². The lowest BCUT2D eigenvalue weighted by atomic mass is 10.1. The van der Waals surface area contributed by atoms with E-state index in [1.807, 2.05) is 47.1 Å². The highest BCUT2D eigenvalue weighted by Crippen LogP contribution is 2.21. The molecule has 4 aromatic rings. The first-order valence-corrected chi connectivity index (χ1v) is 9.81. The topological polar surface area (TPSA) is 76.4 Å². The summed E-state index contributed by atoms with van der Waals surface area (Å²) in [5.41, 5.74) is 2.96. The zero-order valence-corrected chi connectivity index (χ0v) is 15.3. The van der Waals surface area contributed by atoms with E-state index in [0.29, 0.717) is 21.9 Å². The Labute approximate surface area is 158 Å². The van der Waals surface area contributed by atoms with Gasteiger partial charge in [-0.15, -0.1) is 0 Å². The molecule has 0 spiro atoms. The van der Waals surface area contributed by atoms with Gasteiger partial charge in [-0.3, -0.25) is 13.4 Å². The summed E-state index contributed by atoms with van der Waals surface area (Å²) in [6, 6.07) is 16.1. The Hall–Kier alpha value is -3.32. The van der Waals surface area contributed by atoms with Gasteiger partial charge in [0.2, 0.25) is 5.78 Å². The van der Waals surface area contributed by atoms with Gasteiger partial charge in [-0.25, -0.2) is 9.97 Å². The Balaban J connectivity index is 1.50. The van der Waals surface area contributed by atoms with Crippen LogP contribution in [0.3, 0.4) is 0 Å². The third-order valence-electron chi connectivity index (χ3n) is 4.12. The number of carbonyl (C=O) groups excluding carboxylic acids is 1. The lowest BCUT2D eigenvalue weighted by Gasteiger charge is -2.06. The fraction of sp³-hybridized carbons (Fsp3) is 0.0500. The number of hydrogen-bond acceptors (Lipinski definition) is 4. The van der Waals surface area contributed by atoms with Crippen molar-refractivity contribution in [3.05, 3.63) is 78.8 Å². The van der Waals surface area contributed by atoms with Crippen molar-refractivity contribution in [3.63, 3.8) is 0 Å². The van der Waals surface area contributed by atoms with Crippen LogP contribution in [0.1, 0.15) is 10.4 Å². The molecule has 1 atom stereocenters. The first-order chi connectivity index (χ1) is 13.1. The average Bonchev–Trinajstić information content (AvgIpc) is 3.13. The molecule has 0 aliphatic carbocycles. The van der Waals surface area contributed by atoms with Crippen LogP contribution in [0.4, 0.5) is 5.69 Å². The molecule has 0 fully saturated rings. The molecule has 0 aliphatic heterocycles. The van der Waals surface area contributed by atoms with Crippen LogP contribution in [0, 0.1) is 0 Å². The van der Waals surface area contributed by atoms with Crippen molar-refractivity contribution < 1.29 is 9.00 Å². The van der Waals surface area contributed by atoms with Gasteiger partial charge in [0.15, 0.2) is 0 Å². The van der Waals surface area contributed by atoms with Crippen molar-refractivity contribution in [2.75, 3.05) is 11.6 Å². The van der Waals surface area contributed by atoms with Gasteiger partial charge in [-0.1, -0.05) is 12.1 Å². The molecule has 0 radical (unpaired) electrons. The van der Waals surface area contributed by atoms with Crippen LogP contribution in [0.15, 0.2) is 78.1 Å². The highest BCUT2D eigenvalue weighted by Gasteiger charge is 2.08. The fourth-order valence-corrected chi connectivity index (χ4v) is 3.21. The summed E-state index contributed by atoms with van der Waals surface area (Å²) in [6.07, 6.45) is 7.12. The number of amides is 1. The van der Waals surface area contributed by atoms with Crippen molar-refractivity contribution >= 4 is 28.2 Å². The van der Waals surface area contributed by atoms with E-state index in [4.69, 9.17) is 0 Å². The standard InChI is InChI=1S/C20H16N4O2S/c1-27(26)17-9-5-15(6-10-17)19(25)22-16-7-3-14(4-8-16)18-13-24-12-2-11-21-20(24)23-18/h2-13H,1H3,(H,22,25). The summed E-state index contributed by atoms with van der Waals surface area (Å²) < 4.78 is 13.3. The lowest BCUT2D eigenvalue weighted by molar-refractivity contribution is 0.102. The van der Waals surface area contributed by atoms with Gasteiger partial charge in [0.1, 0.15) is 0 Å². The molecule has 0 saturated carbocycles. The van der Waals surface area contributed by atoms with Crippen LogP contribution < -0.4 is 5.32 Å². The largest absolute Gasteiger partial charge is 0.322 e. The second kappa shape index (κ2) is 7.13. The van der Waals surface area contributed by atoms with Gasteiger partial charge in [-0.05, 0) is 42.5 Å². The van der Waals surface area contributed by atoms with Crippen molar-refractivity contribution in [1.29, 1.82) is 0 Å². The first kappa shape index (κ1) is 17.1. The van der Waals surface area contributed by atoms with Gasteiger partial charge in [0, 0.05) is 57.4 Å². The minimum atomic E-state index is -1.06. The zero-order valence-electron chi connectivity index (χ0n) is 14.5. The van der Waals surface area contributed by atoms with Gasteiger partial charge in [-0.2, -0.15) is 0 Å².